The van der Waals surface area contributed by atoms with Crippen molar-refractivity contribution in [2.45, 2.75) is 44.6 Å². The van der Waals surface area contributed by atoms with Crippen molar-refractivity contribution >= 4 is 0 Å². The van der Waals surface area contributed by atoms with Gasteiger partial charge >= 0.3 is 0 Å². The molecule has 1 fully saturated rings. The maximum Gasteiger partial charge on any atom is 0.243 e. The molecule has 21 heavy (non-hydrogen) atoms. The number of rotatable bonds is 3. The quantitative estimate of drug-likeness (QED) is 0.939. The van der Waals surface area contributed by atoms with Crippen LogP contribution < -0.4 is 5.32 Å². The SMILES string of the molecule is CCC1CCNC(c2nc(C3Cc4ccccc43)no2)C1. The highest BCUT2D eigenvalue weighted by Crippen LogP contribution is 2.39. The van der Waals surface area contributed by atoms with E-state index in [4.69, 9.17) is 4.52 Å². The lowest BCUT2D eigenvalue weighted by molar-refractivity contribution is 0.245. The van der Waals surface area contributed by atoms with Gasteiger partial charge in [0.25, 0.3) is 0 Å². The molecule has 0 spiro atoms. The second-order valence-corrected chi connectivity index (χ2v) is 6.25. The van der Waals surface area contributed by atoms with Gasteiger partial charge < -0.3 is 9.84 Å². The summed E-state index contributed by atoms with van der Waals surface area (Å²) in [5, 5.41) is 7.75. The second-order valence-electron chi connectivity index (χ2n) is 6.25. The van der Waals surface area contributed by atoms with E-state index in [1.165, 1.54) is 24.0 Å². The van der Waals surface area contributed by atoms with Gasteiger partial charge in [0.05, 0.1) is 12.0 Å². The zero-order valence-corrected chi connectivity index (χ0v) is 12.4. The number of benzene rings is 1. The minimum Gasteiger partial charge on any atom is -0.338 e. The summed E-state index contributed by atoms with van der Waals surface area (Å²) in [5.74, 6) is 2.72. The average molecular weight is 283 g/mol. The Morgan fingerprint density at radius 2 is 2.24 bits per heavy atom. The fraction of sp³-hybridized carbons (Fsp3) is 0.529. The highest BCUT2D eigenvalue weighted by atomic mass is 16.5. The van der Waals surface area contributed by atoms with Crippen molar-refractivity contribution in [1.82, 2.24) is 15.5 Å². The van der Waals surface area contributed by atoms with Gasteiger partial charge in [0.1, 0.15) is 0 Å². The van der Waals surface area contributed by atoms with E-state index in [-0.39, 0.29) is 6.04 Å². The monoisotopic (exact) mass is 283 g/mol. The van der Waals surface area contributed by atoms with Gasteiger partial charge in [-0.15, -0.1) is 0 Å². The first-order chi connectivity index (χ1) is 10.3. The van der Waals surface area contributed by atoms with Crippen LogP contribution in [0.1, 0.15) is 61.0 Å². The Morgan fingerprint density at radius 1 is 1.33 bits per heavy atom. The molecule has 0 amide bonds. The summed E-state index contributed by atoms with van der Waals surface area (Å²) in [4.78, 5) is 4.68. The molecule has 1 aromatic heterocycles. The molecule has 2 heterocycles. The van der Waals surface area contributed by atoms with Crippen molar-refractivity contribution in [1.29, 1.82) is 0 Å². The summed E-state index contributed by atoms with van der Waals surface area (Å²) in [7, 11) is 0. The van der Waals surface area contributed by atoms with Gasteiger partial charge in [-0.2, -0.15) is 4.98 Å². The first-order valence-corrected chi connectivity index (χ1v) is 8.00. The largest absolute Gasteiger partial charge is 0.338 e. The van der Waals surface area contributed by atoms with E-state index in [2.05, 4.69) is 46.6 Å². The normalized spacial score (nSPS) is 28.0. The molecular weight excluding hydrogens is 262 g/mol. The van der Waals surface area contributed by atoms with Crippen molar-refractivity contribution in [3.05, 3.63) is 47.1 Å². The topological polar surface area (TPSA) is 51.0 Å². The van der Waals surface area contributed by atoms with Crippen LogP contribution in [0.5, 0.6) is 0 Å². The predicted octanol–water partition coefficient (Wildman–Crippen LogP) is 3.21. The third kappa shape index (κ3) is 2.27. The third-order valence-electron chi connectivity index (χ3n) is 5.01. The predicted molar refractivity (Wildman–Crippen MR) is 80.0 cm³/mol. The summed E-state index contributed by atoms with van der Waals surface area (Å²) < 4.78 is 5.55. The van der Waals surface area contributed by atoms with E-state index in [0.717, 1.165) is 37.0 Å². The number of aromatic nitrogens is 2. The van der Waals surface area contributed by atoms with Crippen molar-refractivity contribution in [2.75, 3.05) is 6.54 Å². The van der Waals surface area contributed by atoms with E-state index in [0.29, 0.717) is 5.92 Å². The molecule has 110 valence electrons. The summed E-state index contributed by atoms with van der Waals surface area (Å²) in [6, 6.07) is 8.77. The molecule has 1 aliphatic carbocycles. The number of hydrogen-bond acceptors (Lipinski definition) is 4. The fourth-order valence-electron chi connectivity index (χ4n) is 3.57. The van der Waals surface area contributed by atoms with Crippen LogP contribution in [0.4, 0.5) is 0 Å². The zero-order chi connectivity index (χ0) is 14.2. The molecule has 1 saturated heterocycles. The summed E-state index contributed by atoms with van der Waals surface area (Å²) in [6.45, 7) is 3.31. The lowest BCUT2D eigenvalue weighted by Gasteiger charge is -2.28. The van der Waals surface area contributed by atoms with E-state index in [9.17, 15) is 0 Å². The molecule has 0 saturated carbocycles. The van der Waals surface area contributed by atoms with Crippen LogP contribution in [0.15, 0.2) is 28.8 Å². The Bertz CT molecular complexity index is 636. The Kier molecular flexibility index (Phi) is 3.26. The van der Waals surface area contributed by atoms with Gasteiger partial charge in [0.2, 0.25) is 5.89 Å². The molecule has 1 aliphatic heterocycles. The van der Waals surface area contributed by atoms with Crippen LogP contribution in [0.25, 0.3) is 0 Å². The van der Waals surface area contributed by atoms with Crippen LogP contribution in [0.3, 0.4) is 0 Å². The van der Waals surface area contributed by atoms with Gasteiger partial charge in [-0.1, -0.05) is 42.8 Å². The number of hydrogen-bond donors (Lipinski definition) is 1. The van der Waals surface area contributed by atoms with Crippen LogP contribution in [0.2, 0.25) is 0 Å². The van der Waals surface area contributed by atoms with Crippen LogP contribution in [-0.2, 0) is 6.42 Å². The molecule has 2 aromatic rings. The number of nitrogens with zero attached hydrogens (tertiary/aromatic N) is 2. The van der Waals surface area contributed by atoms with E-state index >= 15 is 0 Å². The van der Waals surface area contributed by atoms with Crippen LogP contribution in [-0.4, -0.2) is 16.7 Å². The van der Waals surface area contributed by atoms with Crippen molar-refractivity contribution in [3.63, 3.8) is 0 Å². The average Bonchev–Trinajstić information content (AvgIpc) is 2.98. The third-order valence-corrected chi connectivity index (χ3v) is 5.01. The van der Waals surface area contributed by atoms with Crippen molar-refractivity contribution in [3.8, 4) is 0 Å². The van der Waals surface area contributed by atoms with Gasteiger partial charge in [-0.3, -0.25) is 0 Å². The lowest BCUT2D eigenvalue weighted by Crippen LogP contribution is -2.31. The molecule has 4 nitrogen and oxygen atoms in total. The van der Waals surface area contributed by atoms with Gasteiger partial charge in [-0.05, 0) is 42.9 Å². The van der Waals surface area contributed by atoms with Crippen molar-refractivity contribution < 1.29 is 4.52 Å². The Labute approximate surface area is 124 Å². The molecule has 0 radical (unpaired) electrons. The molecule has 4 rings (SSSR count). The maximum atomic E-state index is 5.55. The Balaban J connectivity index is 1.52. The Hall–Kier alpha value is -1.68. The molecule has 2 aliphatic rings. The molecule has 0 bridgehead atoms. The summed E-state index contributed by atoms with van der Waals surface area (Å²) in [6.07, 6.45) is 4.63. The Morgan fingerprint density at radius 3 is 3.10 bits per heavy atom. The van der Waals surface area contributed by atoms with Gasteiger partial charge in [-0.25, -0.2) is 0 Å². The number of fused-ring (bicyclic) bond motifs is 1. The van der Waals surface area contributed by atoms with E-state index in [1.807, 2.05) is 0 Å². The smallest absolute Gasteiger partial charge is 0.243 e. The molecule has 1 N–H and O–H groups in total. The standard InChI is InChI=1S/C17H21N3O/c1-2-11-7-8-18-15(9-11)17-19-16(20-21-17)14-10-12-5-3-4-6-13(12)14/h3-6,11,14-15,18H,2,7-10H2,1H3. The molecule has 4 heteroatoms. The highest BCUT2D eigenvalue weighted by Gasteiger charge is 2.33. The van der Waals surface area contributed by atoms with Gasteiger partial charge in [0, 0.05) is 0 Å². The van der Waals surface area contributed by atoms with Crippen molar-refractivity contribution in [2.24, 2.45) is 5.92 Å². The number of nitrogens with one attached hydrogen (secondary N) is 1. The first kappa shape index (κ1) is 13.0. The van der Waals surface area contributed by atoms with Crippen LogP contribution in [0, 0.1) is 5.92 Å². The lowest BCUT2D eigenvalue weighted by atomic mass is 9.77. The second kappa shape index (κ2) is 5.26. The molecule has 3 unspecified atom stereocenters. The summed E-state index contributed by atoms with van der Waals surface area (Å²) in [5.41, 5.74) is 2.77. The van der Waals surface area contributed by atoms with Crippen LogP contribution >= 0.6 is 0 Å². The zero-order valence-electron chi connectivity index (χ0n) is 12.4. The highest BCUT2D eigenvalue weighted by molar-refractivity contribution is 5.43. The first-order valence-electron chi connectivity index (χ1n) is 8.00. The number of piperidine rings is 1. The van der Waals surface area contributed by atoms with E-state index in [1.54, 1.807) is 0 Å². The minimum absolute atomic E-state index is 0.236. The van der Waals surface area contributed by atoms with E-state index < -0.39 is 0 Å². The summed E-state index contributed by atoms with van der Waals surface area (Å²) >= 11 is 0. The molecule has 1 aromatic carbocycles. The maximum absolute atomic E-state index is 5.55. The molecule has 3 atom stereocenters. The van der Waals surface area contributed by atoms with Gasteiger partial charge in [0.15, 0.2) is 5.82 Å². The fourth-order valence-corrected chi connectivity index (χ4v) is 3.57. The minimum atomic E-state index is 0.236. The molecular formula is C17H21N3O.